The Bertz CT molecular complexity index is 845. The van der Waals surface area contributed by atoms with Gasteiger partial charge in [0.05, 0.1) is 12.7 Å². The quantitative estimate of drug-likeness (QED) is 0.801. The van der Waals surface area contributed by atoms with Crippen LogP contribution in [-0.4, -0.2) is 44.4 Å². The second kappa shape index (κ2) is 6.71. The van der Waals surface area contributed by atoms with E-state index in [2.05, 4.69) is 15.6 Å². The number of hydrogen-bond donors (Lipinski definition) is 2. The molecule has 0 saturated carbocycles. The summed E-state index contributed by atoms with van der Waals surface area (Å²) in [6, 6.07) is 5.24. The van der Waals surface area contributed by atoms with Crippen LogP contribution in [0.1, 0.15) is 28.5 Å². The molecule has 9 heteroatoms. The van der Waals surface area contributed by atoms with Crippen molar-refractivity contribution in [1.29, 1.82) is 0 Å². The van der Waals surface area contributed by atoms with E-state index in [9.17, 15) is 14.4 Å². The molecule has 0 radical (unpaired) electrons. The van der Waals surface area contributed by atoms with Gasteiger partial charge in [-0.25, -0.2) is 4.68 Å². The van der Waals surface area contributed by atoms with Gasteiger partial charge in [0.1, 0.15) is 12.2 Å². The van der Waals surface area contributed by atoms with Crippen molar-refractivity contribution < 1.29 is 19.5 Å². The lowest BCUT2D eigenvalue weighted by molar-refractivity contribution is -0.137. The Morgan fingerprint density at radius 3 is 2.84 bits per heavy atom. The van der Waals surface area contributed by atoms with E-state index in [4.69, 9.17) is 5.11 Å². The summed E-state index contributed by atoms with van der Waals surface area (Å²) in [7, 11) is 0. The Kier molecular flexibility index (Phi) is 4.46. The molecule has 1 aromatic carbocycles. The monoisotopic (exact) mass is 343 g/mol. The maximum Gasteiger partial charge on any atom is 0.325 e. The highest BCUT2D eigenvalue weighted by Gasteiger charge is 2.23. The maximum absolute atomic E-state index is 12.3. The summed E-state index contributed by atoms with van der Waals surface area (Å²) < 4.78 is 1.19. The fourth-order valence-corrected chi connectivity index (χ4v) is 2.78. The average Bonchev–Trinajstić information content (AvgIpc) is 3.17. The largest absolute Gasteiger partial charge is 0.480 e. The lowest BCUT2D eigenvalue weighted by Gasteiger charge is -2.14. The number of carboxylic acid groups (broad SMARTS) is 1. The molecular formula is C16H17N5O4. The Labute approximate surface area is 143 Å². The van der Waals surface area contributed by atoms with E-state index < -0.39 is 5.97 Å². The first-order valence-corrected chi connectivity index (χ1v) is 7.74. The maximum atomic E-state index is 12.3. The van der Waals surface area contributed by atoms with Crippen molar-refractivity contribution >= 4 is 23.5 Å². The molecule has 0 bridgehead atoms. The average molecular weight is 343 g/mol. The molecule has 3 rings (SSSR count). The number of fused-ring (bicyclic) bond motifs is 1. The van der Waals surface area contributed by atoms with Crippen LogP contribution in [0.2, 0.25) is 0 Å². The van der Waals surface area contributed by atoms with E-state index in [0.29, 0.717) is 17.8 Å². The van der Waals surface area contributed by atoms with Gasteiger partial charge in [-0.05, 0) is 30.2 Å². The molecule has 25 heavy (non-hydrogen) atoms. The van der Waals surface area contributed by atoms with Gasteiger partial charge in [0.15, 0.2) is 0 Å². The van der Waals surface area contributed by atoms with Gasteiger partial charge in [-0.1, -0.05) is 5.21 Å². The molecule has 0 aliphatic carbocycles. The van der Waals surface area contributed by atoms with Crippen molar-refractivity contribution in [2.45, 2.75) is 26.4 Å². The molecule has 130 valence electrons. The number of nitrogens with one attached hydrogen (secondary N) is 1. The molecule has 0 spiro atoms. The zero-order valence-electron chi connectivity index (χ0n) is 13.6. The summed E-state index contributed by atoms with van der Waals surface area (Å²) >= 11 is 0. The van der Waals surface area contributed by atoms with Gasteiger partial charge in [-0.2, -0.15) is 0 Å². The van der Waals surface area contributed by atoms with Crippen LogP contribution in [0.25, 0.3) is 0 Å². The van der Waals surface area contributed by atoms with Gasteiger partial charge in [0, 0.05) is 24.7 Å². The fourth-order valence-electron chi connectivity index (χ4n) is 2.78. The summed E-state index contributed by atoms with van der Waals surface area (Å²) in [5.74, 6) is -1.30. The van der Waals surface area contributed by atoms with Gasteiger partial charge in [0.25, 0.3) is 5.91 Å². The number of aliphatic carboxylic acids is 1. The highest BCUT2D eigenvalue weighted by atomic mass is 16.4. The molecule has 1 aliphatic heterocycles. The van der Waals surface area contributed by atoms with Crippen LogP contribution in [0.3, 0.4) is 0 Å². The van der Waals surface area contributed by atoms with Crippen molar-refractivity contribution in [1.82, 2.24) is 20.3 Å². The number of aromatic nitrogens is 3. The zero-order valence-corrected chi connectivity index (χ0v) is 13.6. The Morgan fingerprint density at radius 2 is 2.12 bits per heavy atom. The number of rotatable bonds is 5. The third kappa shape index (κ3) is 3.65. The molecule has 2 aromatic rings. The first kappa shape index (κ1) is 16.6. The zero-order chi connectivity index (χ0) is 18.0. The topological polar surface area (TPSA) is 117 Å². The number of carbonyl (C=O) groups excluding carboxylic acids is 2. The molecule has 1 aliphatic rings. The standard InChI is InChI=1S/C16H17N5O4/c1-10(22)21-5-4-11-6-12(2-3-14(11)21)16(25)17-7-13-8-20(19-18-13)9-15(23)24/h2-3,6,8H,4-5,7,9H2,1H3,(H,17,25)(H,23,24). The molecule has 2 amide bonds. The molecular weight excluding hydrogens is 326 g/mol. The number of amides is 2. The van der Waals surface area contributed by atoms with Crippen molar-refractivity contribution in [2.75, 3.05) is 11.4 Å². The minimum Gasteiger partial charge on any atom is -0.480 e. The number of carbonyl (C=O) groups is 3. The Balaban J connectivity index is 1.63. The van der Waals surface area contributed by atoms with Gasteiger partial charge >= 0.3 is 5.97 Å². The number of benzene rings is 1. The first-order valence-electron chi connectivity index (χ1n) is 7.74. The predicted octanol–water partition coefficient (Wildman–Crippen LogP) is 0.202. The molecule has 2 heterocycles. The summed E-state index contributed by atoms with van der Waals surface area (Å²) in [4.78, 5) is 36.1. The molecule has 9 nitrogen and oxygen atoms in total. The van der Waals surface area contributed by atoms with Crippen molar-refractivity contribution in [3.05, 3.63) is 41.2 Å². The van der Waals surface area contributed by atoms with E-state index in [0.717, 1.165) is 17.7 Å². The molecule has 1 aromatic heterocycles. The van der Waals surface area contributed by atoms with E-state index in [-0.39, 0.29) is 24.9 Å². The van der Waals surface area contributed by atoms with Gasteiger partial charge in [-0.15, -0.1) is 5.10 Å². The van der Waals surface area contributed by atoms with Crippen LogP contribution in [0.4, 0.5) is 5.69 Å². The number of carboxylic acids is 1. The van der Waals surface area contributed by atoms with E-state index >= 15 is 0 Å². The smallest absolute Gasteiger partial charge is 0.325 e. The summed E-state index contributed by atoms with van der Waals surface area (Å²) in [6.07, 6.45) is 2.20. The van der Waals surface area contributed by atoms with Crippen molar-refractivity contribution in [2.24, 2.45) is 0 Å². The van der Waals surface area contributed by atoms with Crippen LogP contribution >= 0.6 is 0 Å². The second-order valence-corrected chi connectivity index (χ2v) is 5.75. The van der Waals surface area contributed by atoms with Crippen molar-refractivity contribution in [3.8, 4) is 0 Å². The highest BCUT2D eigenvalue weighted by molar-refractivity contribution is 5.97. The molecule has 0 unspecified atom stereocenters. The van der Waals surface area contributed by atoms with Crippen LogP contribution in [-0.2, 0) is 29.1 Å². The van der Waals surface area contributed by atoms with Crippen LogP contribution < -0.4 is 10.2 Å². The third-order valence-corrected chi connectivity index (χ3v) is 3.93. The highest BCUT2D eigenvalue weighted by Crippen LogP contribution is 2.28. The predicted molar refractivity (Wildman–Crippen MR) is 87.0 cm³/mol. The van der Waals surface area contributed by atoms with Crippen molar-refractivity contribution in [3.63, 3.8) is 0 Å². The van der Waals surface area contributed by atoms with Crippen LogP contribution in [0.15, 0.2) is 24.4 Å². The molecule has 2 N–H and O–H groups in total. The number of hydrogen-bond acceptors (Lipinski definition) is 5. The summed E-state index contributed by atoms with van der Waals surface area (Å²) in [6.45, 7) is 2.02. The van der Waals surface area contributed by atoms with E-state index in [1.165, 1.54) is 17.8 Å². The molecule has 0 saturated heterocycles. The SMILES string of the molecule is CC(=O)N1CCc2cc(C(=O)NCc3cn(CC(=O)O)nn3)ccc21. The summed E-state index contributed by atoms with van der Waals surface area (Å²) in [5.41, 5.74) is 2.79. The van der Waals surface area contributed by atoms with Gasteiger partial charge < -0.3 is 15.3 Å². The minimum atomic E-state index is -1.02. The fraction of sp³-hybridized carbons (Fsp3) is 0.312. The summed E-state index contributed by atoms with van der Waals surface area (Å²) in [5, 5.41) is 18.9. The third-order valence-electron chi connectivity index (χ3n) is 3.93. The Hall–Kier alpha value is -3.23. The minimum absolute atomic E-state index is 0.0135. The van der Waals surface area contributed by atoms with Crippen LogP contribution in [0.5, 0.6) is 0 Å². The first-order chi connectivity index (χ1) is 11.9. The van der Waals surface area contributed by atoms with Crippen LogP contribution in [0, 0.1) is 0 Å². The molecule has 0 fully saturated rings. The van der Waals surface area contributed by atoms with Gasteiger partial charge in [-0.3, -0.25) is 14.4 Å². The lowest BCUT2D eigenvalue weighted by atomic mass is 10.1. The van der Waals surface area contributed by atoms with Gasteiger partial charge in [0.2, 0.25) is 5.91 Å². The number of anilines is 1. The number of nitrogens with zero attached hydrogens (tertiary/aromatic N) is 4. The molecule has 0 atom stereocenters. The van der Waals surface area contributed by atoms with E-state index in [1.54, 1.807) is 23.1 Å². The van der Waals surface area contributed by atoms with E-state index in [1.807, 2.05) is 0 Å². The second-order valence-electron chi connectivity index (χ2n) is 5.75. The normalized spacial score (nSPS) is 12.8. The lowest BCUT2D eigenvalue weighted by Crippen LogP contribution is -2.26. The Morgan fingerprint density at radius 1 is 1.32 bits per heavy atom.